The summed E-state index contributed by atoms with van der Waals surface area (Å²) in [7, 11) is 0. The first kappa shape index (κ1) is 15.7. The number of nitrogens with zero attached hydrogens (tertiary/aromatic N) is 2. The summed E-state index contributed by atoms with van der Waals surface area (Å²) in [5, 5.41) is 10.1. The van der Waals surface area contributed by atoms with Crippen LogP contribution in [0.1, 0.15) is 45.4 Å². The van der Waals surface area contributed by atoms with Gasteiger partial charge in [-0.05, 0) is 30.4 Å². The fourth-order valence-electron chi connectivity index (χ4n) is 2.29. The van der Waals surface area contributed by atoms with E-state index in [-0.39, 0.29) is 11.3 Å². The van der Waals surface area contributed by atoms with Crippen molar-refractivity contribution in [1.82, 2.24) is 15.2 Å². The van der Waals surface area contributed by atoms with Crippen molar-refractivity contribution in [2.45, 2.75) is 45.6 Å². The standard InChI is InChI=1S/C17H23N5O/c1-17(2,3)13(18)16(23)19-12-6-4-5-11(9-12)15-20-14(21-22-15)10-7-8-10/h4-6,9-10,13H,7-8,18H2,1-3H3,(H,19,23)(H,20,21,22)/t13-/m1/s1. The Kier molecular flexibility index (Phi) is 3.93. The molecule has 0 radical (unpaired) electrons. The quantitative estimate of drug-likeness (QED) is 0.808. The van der Waals surface area contributed by atoms with E-state index in [1.165, 1.54) is 12.8 Å². The average molecular weight is 313 g/mol. The molecule has 6 heteroatoms. The van der Waals surface area contributed by atoms with Crippen LogP contribution in [0.15, 0.2) is 24.3 Å². The first-order valence-electron chi connectivity index (χ1n) is 7.94. The molecule has 1 fully saturated rings. The van der Waals surface area contributed by atoms with Crippen molar-refractivity contribution in [3.8, 4) is 11.4 Å². The van der Waals surface area contributed by atoms with E-state index in [1.807, 2.05) is 45.0 Å². The monoisotopic (exact) mass is 313 g/mol. The van der Waals surface area contributed by atoms with Gasteiger partial charge in [0.05, 0.1) is 6.04 Å². The molecule has 122 valence electrons. The van der Waals surface area contributed by atoms with Gasteiger partial charge in [-0.3, -0.25) is 9.89 Å². The number of amides is 1. The fraction of sp³-hybridized carbons (Fsp3) is 0.471. The molecule has 6 nitrogen and oxygen atoms in total. The zero-order valence-electron chi connectivity index (χ0n) is 13.8. The molecule has 0 spiro atoms. The summed E-state index contributed by atoms with van der Waals surface area (Å²) in [6.45, 7) is 5.84. The van der Waals surface area contributed by atoms with Crippen molar-refractivity contribution in [3.63, 3.8) is 0 Å². The molecule has 1 heterocycles. The Hall–Kier alpha value is -2.21. The Bertz CT molecular complexity index is 712. The molecule has 1 atom stereocenters. The zero-order valence-corrected chi connectivity index (χ0v) is 13.8. The number of nitrogens with one attached hydrogen (secondary N) is 2. The smallest absolute Gasteiger partial charge is 0.241 e. The van der Waals surface area contributed by atoms with E-state index in [1.54, 1.807) is 0 Å². The highest BCUT2D eigenvalue weighted by atomic mass is 16.2. The van der Waals surface area contributed by atoms with E-state index in [9.17, 15) is 4.79 Å². The van der Waals surface area contributed by atoms with Crippen molar-refractivity contribution in [1.29, 1.82) is 0 Å². The molecule has 0 bridgehead atoms. The fourth-order valence-corrected chi connectivity index (χ4v) is 2.29. The van der Waals surface area contributed by atoms with Crippen molar-refractivity contribution in [3.05, 3.63) is 30.1 Å². The number of nitrogens with two attached hydrogens (primary N) is 1. The Labute approximate surface area is 135 Å². The topological polar surface area (TPSA) is 96.7 Å². The normalized spacial score (nSPS) is 16.2. The second kappa shape index (κ2) is 5.77. The third kappa shape index (κ3) is 3.59. The van der Waals surface area contributed by atoms with E-state index in [0.29, 0.717) is 17.4 Å². The Morgan fingerprint density at radius 2 is 2.13 bits per heavy atom. The molecular formula is C17H23N5O. The van der Waals surface area contributed by atoms with Gasteiger partial charge < -0.3 is 11.1 Å². The molecule has 4 N–H and O–H groups in total. The van der Waals surface area contributed by atoms with Crippen LogP contribution in [-0.4, -0.2) is 27.1 Å². The van der Waals surface area contributed by atoms with Gasteiger partial charge in [-0.15, -0.1) is 0 Å². The van der Waals surface area contributed by atoms with Crippen molar-refractivity contribution in [2.75, 3.05) is 5.32 Å². The predicted molar refractivity (Wildman–Crippen MR) is 89.9 cm³/mol. The van der Waals surface area contributed by atoms with Crippen molar-refractivity contribution in [2.24, 2.45) is 11.1 Å². The van der Waals surface area contributed by atoms with Gasteiger partial charge in [-0.2, -0.15) is 5.10 Å². The number of carbonyl (C=O) groups is 1. The van der Waals surface area contributed by atoms with E-state index in [0.717, 1.165) is 11.4 Å². The van der Waals surface area contributed by atoms with Crippen molar-refractivity contribution >= 4 is 11.6 Å². The summed E-state index contributed by atoms with van der Waals surface area (Å²) in [5.41, 5.74) is 7.28. The van der Waals surface area contributed by atoms with Gasteiger partial charge in [0, 0.05) is 17.2 Å². The third-order valence-electron chi connectivity index (χ3n) is 4.07. The second-order valence-corrected chi connectivity index (χ2v) is 7.23. The Morgan fingerprint density at radius 1 is 1.39 bits per heavy atom. The molecule has 1 aromatic carbocycles. The number of carbonyl (C=O) groups excluding carboxylic acids is 1. The van der Waals surface area contributed by atoms with Crippen molar-refractivity contribution < 1.29 is 4.79 Å². The maximum atomic E-state index is 12.2. The van der Waals surface area contributed by atoms with Gasteiger partial charge >= 0.3 is 0 Å². The molecule has 0 unspecified atom stereocenters. The van der Waals surface area contributed by atoms with Crippen LogP contribution in [0.25, 0.3) is 11.4 Å². The summed E-state index contributed by atoms with van der Waals surface area (Å²) < 4.78 is 0. The summed E-state index contributed by atoms with van der Waals surface area (Å²) >= 11 is 0. The molecule has 23 heavy (non-hydrogen) atoms. The van der Waals surface area contributed by atoms with Gasteiger partial charge in [-0.1, -0.05) is 32.9 Å². The van der Waals surface area contributed by atoms with Crippen LogP contribution in [0.4, 0.5) is 5.69 Å². The van der Waals surface area contributed by atoms with E-state index >= 15 is 0 Å². The van der Waals surface area contributed by atoms with Crippen LogP contribution in [0.5, 0.6) is 0 Å². The molecule has 2 aromatic rings. The number of anilines is 1. The SMILES string of the molecule is CC(C)(C)[C@H](N)C(=O)Nc1cccc(-c2n[nH]c(C3CC3)n2)c1. The maximum Gasteiger partial charge on any atom is 0.241 e. The largest absolute Gasteiger partial charge is 0.325 e. The van der Waals surface area contributed by atoms with E-state index in [4.69, 9.17) is 5.73 Å². The third-order valence-corrected chi connectivity index (χ3v) is 4.07. The summed E-state index contributed by atoms with van der Waals surface area (Å²) in [5.74, 6) is 1.94. The van der Waals surface area contributed by atoms with Crippen LogP contribution in [-0.2, 0) is 4.79 Å². The van der Waals surface area contributed by atoms with E-state index in [2.05, 4.69) is 20.5 Å². The molecule has 1 amide bonds. The number of hydrogen-bond acceptors (Lipinski definition) is 4. The van der Waals surface area contributed by atoms with Crippen LogP contribution in [0.3, 0.4) is 0 Å². The lowest BCUT2D eigenvalue weighted by atomic mass is 9.87. The number of rotatable bonds is 4. The lowest BCUT2D eigenvalue weighted by Gasteiger charge is -2.25. The molecular weight excluding hydrogens is 290 g/mol. The second-order valence-electron chi connectivity index (χ2n) is 7.23. The maximum absolute atomic E-state index is 12.2. The average Bonchev–Trinajstić information content (AvgIpc) is 3.23. The van der Waals surface area contributed by atoms with Gasteiger partial charge in [0.15, 0.2) is 5.82 Å². The first-order chi connectivity index (χ1) is 10.8. The minimum absolute atomic E-state index is 0.191. The summed E-state index contributed by atoms with van der Waals surface area (Å²) in [4.78, 5) is 16.8. The highest BCUT2D eigenvalue weighted by Crippen LogP contribution is 2.38. The highest BCUT2D eigenvalue weighted by Gasteiger charge is 2.28. The highest BCUT2D eigenvalue weighted by molar-refractivity contribution is 5.95. The minimum atomic E-state index is -0.573. The van der Waals surface area contributed by atoms with Gasteiger partial charge in [0.25, 0.3) is 0 Å². The first-order valence-corrected chi connectivity index (χ1v) is 7.94. The number of aromatic nitrogens is 3. The molecule has 3 rings (SSSR count). The number of H-pyrrole nitrogens is 1. The Balaban J connectivity index is 1.75. The predicted octanol–water partition coefficient (Wildman–Crippen LogP) is 2.66. The molecule has 1 aromatic heterocycles. The summed E-state index contributed by atoms with van der Waals surface area (Å²) in [6.07, 6.45) is 2.35. The van der Waals surface area contributed by atoms with Crippen LogP contribution < -0.4 is 11.1 Å². The molecule has 1 saturated carbocycles. The lowest BCUT2D eigenvalue weighted by Crippen LogP contribution is -2.45. The zero-order chi connectivity index (χ0) is 16.6. The van der Waals surface area contributed by atoms with Gasteiger partial charge in [0.1, 0.15) is 5.82 Å². The minimum Gasteiger partial charge on any atom is -0.325 e. The van der Waals surface area contributed by atoms with Gasteiger partial charge in [0.2, 0.25) is 5.91 Å². The van der Waals surface area contributed by atoms with Crippen LogP contribution in [0.2, 0.25) is 0 Å². The molecule has 0 saturated heterocycles. The Morgan fingerprint density at radius 3 is 2.78 bits per heavy atom. The number of hydrogen-bond donors (Lipinski definition) is 3. The molecule has 0 aliphatic heterocycles. The van der Waals surface area contributed by atoms with E-state index < -0.39 is 6.04 Å². The number of benzene rings is 1. The molecule has 1 aliphatic rings. The van der Waals surface area contributed by atoms with Crippen LogP contribution >= 0.6 is 0 Å². The van der Waals surface area contributed by atoms with Crippen LogP contribution in [0, 0.1) is 5.41 Å². The lowest BCUT2D eigenvalue weighted by molar-refractivity contribution is -0.119. The molecule has 1 aliphatic carbocycles. The number of aromatic amines is 1. The van der Waals surface area contributed by atoms with Gasteiger partial charge in [-0.25, -0.2) is 4.98 Å². The summed E-state index contributed by atoms with van der Waals surface area (Å²) in [6, 6.07) is 6.94.